The molecule has 0 saturated heterocycles. The van der Waals surface area contributed by atoms with Crippen LogP contribution in [0.15, 0.2) is 6.07 Å². The Bertz CT molecular complexity index is 405. The minimum atomic E-state index is 0.413. The minimum Gasteiger partial charge on any atom is -0.369 e. The molecule has 1 heterocycles. The number of nitrogens with zero attached hydrogens (tertiary/aromatic N) is 1. The van der Waals surface area contributed by atoms with Gasteiger partial charge in [0.2, 0.25) is 0 Å². The van der Waals surface area contributed by atoms with E-state index < -0.39 is 0 Å². The van der Waals surface area contributed by atoms with E-state index in [0.29, 0.717) is 27.7 Å². The Kier molecular flexibility index (Phi) is 4.00. The van der Waals surface area contributed by atoms with E-state index in [0.717, 1.165) is 12.5 Å². The molecule has 0 spiro atoms. The molecule has 5 heteroatoms. The molecule has 94 valence electrons. The summed E-state index contributed by atoms with van der Waals surface area (Å²) in [7, 11) is 0. The lowest BCUT2D eigenvalue weighted by molar-refractivity contribution is 0.691. The highest BCUT2D eigenvalue weighted by atomic mass is 35.5. The Labute approximate surface area is 112 Å². The molecule has 1 saturated carbocycles. The largest absolute Gasteiger partial charge is 0.369 e. The molecular weight excluding hydrogens is 257 g/mol. The average molecular weight is 274 g/mol. The molecule has 0 amide bonds. The lowest BCUT2D eigenvalue weighted by atomic mass is 10.2. The molecule has 1 aromatic rings. The van der Waals surface area contributed by atoms with Gasteiger partial charge in [-0.2, -0.15) is 0 Å². The van der Waals surface area contributed by atoms with Gasteiger partial charge in [0.25, 0.3) is 0 Å². The zero-order valence-corrected chi connectivity index (χ0v) is 11.6. The summed E-state index contributed by atoms with van der Waals surface area (Å²) in [5.41, 5.74) is 0. The number of hydrogen-bond acceptors (Lipinski definition) is 3. The lowest BCUT2D eigenvalue weighted by Gasteiger charge is -2.16. The summed E-state index contributed by atoms with van der Waals surface area (Å²) in [5.74, 6) is 2.15. The SMILES string of the molecule is CCNc1nc(NC(C)C2CC2)c(Cl)cc1Cl. The van der Waals surface area contributed by atoms with Crippen LogP contribution in [0.3, 0.4) is 0 Å². The third kappa shape index (κ3) is 3.17. The number of rotatable bonds is 5. The van der Waals surface area contributed by atoms with Crippen molar-refractivity contribution >= 4 is 34.8 Å². The van der Waals surface area contributed by atoms with Gasteiger partial charge in [0.1, 0.15) is 11.6 Å². The standard InChI is InChI=1S/C12H17Cl2N3/c1-3-15-11-9(13)6-10(14)12(17-11)16-7(2)8-4-5-8/h6-8H,3-5H2,1-2H3,(H2,15,16,17). The fourth-order valence-electron chi connectivity index (χ4n) is 1.79. The second-order valence-corrected chi connectivity index (χ2v) is 5.26. The van der Waals surface area contributed by atoms with Crippen molar-refractivity contribution in [2.75, 3.05) is 17.2 Å². The Morgan fingerprint density at radius 3 is 2.59 bits per heavy atom. The number of aromatic nitrogens is 1. The van der Waals surface area contributed by atoms with E-state index in [1.807, 2.05) is 6.92 Å². The fraction of sp³-hybridized carbons (Fsp3) is 0.583. The highest BCUT2D eigenvalue weighted by molar-refractivity contribution is 6.37. The van der Waals surface area contributed by atoms with Crippen molar-refractivity contribution in [3.63, 3.8) is 0 Å². The molecule has 1 unspecified atom stereocenters. The summed E-state index contributed by atoms with van der Waals surface area (Å²) in [6.45, 7) is 4.95. The number of halogens is 2. The van der Waals surface area contributed by atoms with Gasteiger partial charge in [-0.15, -0.1) is 0 Å². The molecule has 2 N–H and O–H groups in total. The predicted octanol–water partition coefficient (Wildman–Crippen LogP) is 4.03. The van der Waals surface area contributed by atoms with Crippen molar-refractivity contribution in [2.45, 2.75) is 32.7 Å². The van der Waals surface area contributed by atoms with Gasteiger partial charge in [-0.1, -0.05) is 23.2 Å². The summed E-state index contributed by atoms with van der Waals surface area (Å²) in [6, 6.07) is 2.14. The van der Waals surface area contributed by atoms with Crippen LogP contribution in [0.4, 0.5) is 11.6 Å². The Morgan fingerprint density at radius 2 is 2.00 bits per heavy atom. The van der Waals surface area contributed by atoms with Crippen LogP contribution < -0.4 is 10.6 Å². The maximum absolute atomic E-state index is 6.13. The monoisotopic (exact) mass is 273 g/mol. The summed E-state index contributed by atoms with van der Waals surface area (Å²) >= 11 is 12.2. The summed E-state index contributed by atoms with van der Waals surface area (Å²) in [4.78, 5) is 4.43. The van der Waals surface area contributed by atoms with E-state index in [9.17, 15) is 0 Å². The van der Waals surface area contributed by atoms with E-state index >= 15 is 0 Å². The van der Waals surface area contributed by atoms with Gasteiger partial charge >= 0.3 is 0 Å². The van der Waals surface area contributed by atoms with Crippen LogP contribution in [-0.4, -0.2) is 17.6 Å². The molecule has 0 aliphatic heterocycles. The summed E-state index contributed by atoms with van der Waals surface area (Å²) in [6.07, 6.45) is 2.58. The summed E-state index contributed by atoms with van der Waals surface area (Å²) in [5, 5.41) is 7.61. The normalized spacial score (nSPS) is 16.7. The molecule has 0 radical (unpaired) electrons. The fourth-order valence-corrected chi connectivity index (χ4v) is 2.27. The topological polar surface area (TPSA) is 37.0 Å². The van der Waals surface area contributed by atoms with E-state index in [1.165, 1.54) is 12.8 Å². The molecule has 1 aliphatic carbocycles. The smallest absolute Gasteiger partial charge is 0.147 e. The van der Waals surface area contributed by atoms with E-state index in [4.69, 9.17) is 23.2 Å². The molecule has 0 bridgehead atoms. The van der Waals surface area contributed by atoms with Crippen LogP contribution >= 0.6 is 23.2 Å². The number of nitrogens with one attached hydrogen (secondary N) is 2. The van der Waals surface area contributed by atoms with E-state index in [1.54, 1.807) is 6.07 Å². The zero-order chi connectivity index (χ0) is 12.4. The van der Waals surface area contributed by atoms with Gasteiger partial charge in [-0.25, -0.2) is 4.98 Å². The first-order valence-electron chi connectivity index (χ1n) is 5.98. The molecule has 0 aromatic carbocycles. The minimum absolute atomic E-state index is 0.413. The molecule has 1 atom stereocenters. The van der Waals surface area contributed by atoms with Gasteiger partial charge in [0.05, 0.1) is 10.0 Å². The van der Waals surface area contributed by atoms with Gasteiger partial charge < -0.3 is 10.6 Å². The molecule has 1 aromatic heterocycles. The number of anilines is 2. The average Bonchev–Trinajstić information content (AvgIpc) is 3.08. The van der Waals surface area contributed by atoms with E-state index in [2.05, 4.69) is 22.5 Å². The third-order valence-electron chi connectivity index (χ3n) is 2.97. The van der Waals surface area contributed by atoms with Crippen LogP contribution in [0.5, 0.6) is 0 Å². The van der Waals surface area contributed by atoms with Crippen LogP contribution in [0.25, 0.3) is 0 Å². The molecular formula is C12H17Cl2N3. The van der Waals surface area contributed by atoms with Gasteiger partial charge in [-0.3, -0.25) is 0 Å². The predicted molar refractivity (Wildman–Crippen MR) is 74.2 cm³/mol. The number of hydrogen-bond donors (Lipinski definition) is 2. The number of pyridine rings is 1. The second-order valence-electron chi connectivity index (χ2n) is 4.45. The quantitative estimate of drug-likeness (QED) is 0.851. The molecule has 1 aliphatic rings. The molecule has 3 nitrogen and oxygen atoms in total. The maximum atomic E-state index is 6.13. The van der Waals surface area contributed by atoms with Crippen molar-refractivity contribution < 1.29 is 0 Å². The van der Waals surface area contributed by atoms with Crippen LogP contribution in [0, 0.1) is 5.92 Å². The zero-order valence-electron chi connectivity index (χ0n) is 10.1. The third-order valence-corrected chi connectivity index (χ3v) is 3.54. The first kappa shape index (κ1) is 12.8. The van der Waals surface area contributed by atoms with Crippen molar-refractivity contribution in [3.05, 3.63) is 16.1 Å². The van der Waals surface area contributed by atoms with Crippen molar-refractivity contribution in [3.8, 4) is 0 Å². The van der Waals surface area contributed by atoms with Crippen molar-refractivity contribution in [1.82, 2.24) is 4.98 Å². The van der Waals surface area contributed by atoms with Gasteiger partial charge in [0.15, 0.2) is 0 Å². The first-order valence-corrected chi connectivity index (χ1v) is 6.73. The van der Waals surface area contributed by atoms with Crippen LogP contribution in [0.1, 0.15) is 26.7 Å². The second kappa shape index (κ2) is 5.32. The van der Waals surface area contributed by atoms with Crippen molar-refractivity contribution in [1.29, 1.82) is 0 Å². The van der Waals surface area contributed by atoms with Gasteiger partial charge in [-0.05, 0) is 38.7 Å². The van der Waals surface area contributed by atoms with E-state index in [-0.39, 0.29) is 0 Å². The molecule has 17 heavy (non-hydrogen) atoms. The summed E-state index contributed by atoms with van der Waals surface area (Å²) < 4.78 is 0. The first-order chi connectivity index (χ1) is 8.11. The Balaban J connectivity index is 2.16. The van der Waals surface area contributed by atoms with Crippen LogP contribution in [0.2, 0.25) is 10.0 Å². The van der Waals surface area contributed by atoms with Gasteiger partial charge in [0, 0.05) is 12.6 Å². The molecule has 1 fully saturated rings. The maximum Gasteiger partial charge on any atom is 0.147 e. The molecule has 2 rings (SSSR count). The lowest BCUT2D eigenvalue weighted by Crippen LogP contribution is -2.18. The highest BCUT2D eigenvalue weighted by Gasteiger charge is 2.28. The Hall–Kier alpha value is -0.670. The van der Waals surface area contributed by atoms with Crippen molar-refractivity contribution in [2.24, 2.45) is 5.92 Å². The van der Waals surface area contributed by atoms with Crippen LogP contribution in [-0.2, 0) is 0 Å². The highest BCUT2D eigenvalue weighted by Crippen LogP contribution is 2.36. The Morgan fingerprint density at radius 1 is 1.35 bits per heavy atom.